The molecule has 6 nitrogen and oxygen atoms in total. The highest BCUT2D eigenvalue weighted by molar-refractivity contribution is 5.79. The van der Waals surface area contributed by atoms with Crippen LogP contribution in [0.3, 0.4) is 0 Å². The molecule has 0 fully saturated rings. The van der Waals surface area contributed by atoms with Crippen molar-refractivity contribution in [1.29, 1.82) is 0 Å². The molecule has 3 rings (SSSR count). The molecule has 104 valence electrons. The third-order valence-corrected chi connectivity index (χ3v) is 3.42. The molecule has 2 N–H and O–H groups in total. The van der Waals surface area contributed by atoms with Gasteiger partial charge in [-0.15, -0.1) is 10.2 Å². The lowest BCUT2D eigenvalue weighted by molar-refractivity contribution is 0.619. The number of anilines is 1. The summed E-state index contributed by atoms with van der Waals surface area (Å²) in [5.41, 5.74) is 7.91. The molecule has 0 atom stereocenters. The van der Waals surface area contributed by atoms with Crippen LogP contribution in [0, 0.1) is 12.7 Å². The molecule has 3 aromatic rings. The molecule has 7 heteroatoms. The number of nitrogens with zero attached hydrogens (tertiary/aromatic N) is 5. The van der Waals surface area contributed by atoms with Crippen LogP contribution in [-0.2, 0) is 20.0 Å². The van der Waals surface area contributed by atoms with Crippen LogP contribution in [0.15, 0.2) is 18.5 Å². The normalized spacial score (nSPS) is 11.3. The standard InChI is InChI=1S/C13H15FN6/c1-8-5-11-10(6-9(8)14)17-13(15)20(11)4-3-12-18-16-7-19(12)2/h5-7H,3-4H2,1-2H3,(H2,15,17). The van der Waals surface area contributed by atoms with Crippen LogP contribution in [0.5, 0.6) is 0 Å². The molecule has 0 spiro atoms. The molecule has 0 aliphatic carbocycles. The molecule has 0 unspecified atom stereocenters. The van der Waals surface area contributed by atoms with Gasteiger partial charge in [0.15, 0.2) is 0 Å². The van der Waals surface area contributed by atoms with Gasteiger partial charge in [-0.3, -0.25) is 0 Å². The summed E-state index contributed by atoms with van der Waals surface area (Å²) in [6.45, 7) is 2.35. The van der Waals surface area contributed by atoms with E-state index in [4.69, 9.17) is 5.73 Å². The zero-order valence-corrected chi connectivity index (χ0v) is 11.3. The predicted molar refractivity (Wildman–Crippen MR) is 73.5 cm³/mol. The van der Waals surface area contributed by atoms with E-state index in [-0.39, 0.29) is 5.82 Å². The maximum atomic E-state index is 13.5. The largest absolute Gasteiger partial charge is 0.369 e. The van der Waals surface area contributed by atoms with E-state index in [1.807, 2.05) is 16.2 Å². The molecule has 2 aromatic heterocycles. The summed E-state index contributed by atoms with van der Waals surface area (Å²) < 4.78 is 17.3. The fourth-order valence-corrected chi connectivity index (χ4v) is 2.25. The number of hydrogen-bond acceptors (Lipinski definition) is 4. The number of rotatable bonds is 3. The summed E-state index contributed by atoms with van der Waals surface area (Å²) in [6, 6.07) is 3.19. The van der Waals surface area contributed by atoms with Crippen LogP contribution in [0.25, 0.3) is 11.0 Å². The second-order valence-corrected chi connectivity index (χ2v) is 4.82. The number of halogens is 1. The van der Waals surface area contributed by atoms with Crippen LogP contribution in [0.1, 0.15) is 11.4 Å². The lowest BCUT2D eigenvalue weighted by Gasteiger charge is -2.06. The quantitative estimate of drug-likeness (QED) is 0.784. The Hall–Kier alpha value is -2.44. The van der Waals surface area contributed by atoms with Gasteiger partial charge in [0.1, 0.15) is 18.0 Å². The van der Waals surface area contributed by atoms with Gasteiger partial charge in [0, 0.05) is 26.1 Å². The Bertz CT molecular complexity index is 773. The lowest BCUT2D eigenvalue weighted by Crippen LogP contribution is -2.08. The number of benzene rings is 1. The van der Waals surface area contributed by atoms with E-state index in [1.165, 1.54) is 6.07 Å². The third-order valence-electron chi connectivity index (χ3n) is 3.42. The topological polar surface area (TPSA) is 74.6 Å². The van der Waals surface area contributed by atoms with Crippen LogP contribution < -0.4 is 5.73 Å². The van der Waals surface area contributed by atoms with Gasteiger partial charge in [0.05, 0.1) is 11.0 Å². The molecule has 0 saturated heterocycles. The lowest BCUT2D eigenvalue weighted by atomic mass is 10.2. The molecule has 20 heavy (non-hydrogen) atoms. The van der Waals surface area contributed by atoms with Crippen molar-refractivity contribution in [2.75, 3.05) is 5.73 Å². The molecule has 2 heterocycles. The molecular weight excluding hydrogens is 259 g/mol. The Morgan fingerprint density at radius 1 is 1.35 bits per heavy atom. The van der Waals surface area contributed by atoms with Gasteiger partial charge in [-0.1, -0.05) is 0 Å². The Kier molecular flexibility index (Phi) is 2.89. The summed E-state index contributed by atoms with van der Waals surface area (Å²) in [5.74, 6) is 0.979. The fraction of sp³-hybridized carbons (Fsp3) is 0.308. The number of aryl methyl sites for hydroxylation is 4. The van der Waals surface area contributed by atoms with Crippen LogP contribution >= 0.6 is 0 Å². The van der Waals surface area contributed by atoms with Crippen molar-refractivity contribution in [3.63, 3.8) is 0 Å². The SMILES string of the molecule is Cc1cc2c(cc1F)nc(N)n2CCc1nncn1C. The van der Waals surface area contributed by atoms with Gasteiger partial charge in [-0.25, -0.2) is 9.37 Å². The second kappa shape index (κ2) is 4.59. The smallest absolute Gasteiger partial charge is 0.201 e. The Labute approximate surface area is 115 Å². The number of fused-ring (bicyclic) bond motifs is 1. The van der Waals surface area contributed by atoms with Gasteiger partial charge in [-0.2, -0.15) is 0 Å². The Morgan fingerprint density at radius 3 is 2.85 bits per heavy atom. The maximum Gasteiger partial charge on any atom is 0.201 e. The van der Waals surface area contributed by atoms with E-state index >= 15 is 0 Å². The first-order chi connectivity index (χ1) is 9.56. The minimum Gasteiger partial charge on any atom is -0.369 e. The van der Waals surface area contributed by atoms with Gasteiger partial charge in [0.2, 0.25) is 5.95 Å². The molecule has 0 aliphatic rings. The maximum absolute atomic E-state index is 13.5. The minimum absolute atomic E-state index is 0.268. The Morgan fingerprint density at radius 2 is 2.15 bits per heavy atom. The van der Waals surface area contributed by atoms with Crippen molar-refractivity contribution < 1.29 is 4.39 Å². The number of nitrogen functional groups attached to an aromatic ring is 1. The van der Waals surface area contributed by atoms with E-state index in [1.54, 1.807) is 19.3 Å². The van der Waals surface area contributed by atoms with E-state index in [0.29, 0.717) is 30.0 Å². The predicted octanol–water partition coefficient (Wildman–Crippen LogP) is 1.44. The van der Waals surface area contributed by atoms with Crippen molar-refractivity contribution in [2.45, 2.75) is 19.9 Å². The van der Waals surface area contributed by atoms with E-state index in [9.17, 15) is 4.39 Å². The molecular formula is C13H15FN6. The third kappa shape index (κ3) is 2.01. The zero-order chi connectivity index (χ0) is 14.3. The minimum atomic E-state index is -0.268. The number of hydrogen-bond donors (Lipinski definition) is 1. The first kappa shape index (κ1) is 12.6. The van der Waals surface area contributed by atoms with Crippen molar-refractivity contribution in [1.82, 2.24) is 24.3 Å². The van der Waals surface area contributed by atoms with Crippen LogP contribution in [0.2, 0.25) is 0 Å². The first-order valence-corrected chi connectivity index (χ1v) is 6.31. The van der Waals surface area contributed by atoms with Gasteiger partial charge in [0.25, 0.3) is 0 Å². The van der Waals surface area contributed by atoms with Crippen LogP contribution in [-0.4, -0.2) is 24.3 Å². The fourth-order valence-electron chi connectivity index (χ4n) is 2.25. The highest BCUT2D eigenvalue weighted by atomic mass is 19.1. The molecule has 0 radical (unpaired) electrons. The molecule has 0 aliphatic heterocycles. The summed E-state index contributed by atoms with van der Waals surface area (Å²) in [7, 11) is 1.89. The van der Waals surface area contributed by atoms with E-state index < -0.39 is 0 Å². The zero-order valence-electron chi connectivity index (χ0n) is 11.3. The summed E-state index contributed by atoms with van der Waals surface area (Å²) in [5, 5.41) is 7.87. The average molecular weight is 274 g/mol. The summed E-state index contributed by atoms with van der Waals surface area (Å²) >= 11 is 0. The molecule has 0 bridgehead atoms. The molecule has 1 aromatic carbocycles. The van der Waals surface area contributed by atoms with Crippen molar-refractivity contribution >= 4 is 17.0 Å². The molecule has 0 amide bonds. The van der Waals surface area contributed by atoms with Gasteiger partial charge >= 0.3 is 0 Å². The van der Waals surface area contributed by atoms with Gasteiger partial charge < -0.3 is 14.9 Å². The van der Waals surface area contributed by atoms with Crippen molar-refractivity contribution in [3.8, 4) is 0 Å². The number of nitrogens with two attached hydrogens (primary N) is 1. The monoisotopic (exact) mass is 274 g/mol. The van der Waals surface area contributed by atoms with Crippen molar-refractivity contribution in [2.24, 2.45) is 7.05 Å². The first-order valence-electron chi connectivity index (χ1n) is 6.31. The highest BCUT2D eigenvalue weighted by Gasteiger charge is 2.12. The average Bonchev–Trinajstić information content (AvgIpc) is 2.92. The van der Waals surface area contributed by atoms with Crippen LogP contribution in [0.4, 0.5) is 10.3 Å². The highest BCUT2D eigenvalue weighted by Crippen LogP contribution is 2.21. The molecule has 0 saturated carbocycles. The second-order valence-electron chi connectivity index (χ2n) is 4.82. The summed E-state index contributed by atoms with van der Waals surface area (Å²) in [4.78, 5) is 4.20. The van der Waals surface area contributed by atoms with Crippen molar-refractivity contribution in [3.05, 3.63) is 35.7 Å². The Balaban J connectivity index is 1.97. The number of aromatic nitrogens is 5. The summed E-state index contributed by atoms with van der Waals surface area (Å²) in [6.07, 6.45) is 2.34. The van der Waals surface area contributed by atoms with E-state index in [2.05, 4.69) is 15.2 Å². The van der Waals surface area contributed by atoms with Gasteiger partial charge in [-0.05, 0) is 18.6 Å². The number of imidazole rings is 1. The van der Waals surface area contributed by atoms with E-state index in [0.717, 1.165) is 11.3 Å².